The van der Waals surface area contributed by atoms with Crippen LogP contribution in [0.15, 0.2) is 37.1 Å². The Labute approximate surface area is 114 Å². The minimum atomic E-state index is 0.839. The monoisotopic (exact) mass is 263 g/mol. The van der Waals surface area contributed by atoms with Crippen LogP contribution in [0.1, 0.15) is 5.56 Å². The molecule has 0 unspecified atom stereocenters. The summed E-state index contributed by atoms with van der Waals surface area (Å²) in [5, 5.41) is 0. The number of aromatic nitrogens is 6. The van der Waals surface area contributed by atoms with Gasteiger partial charge in [0, 0.05) is 18.0 Å². The average molecular weight is 263 g/mol. The van der Waals surface area contributed by atoms with E-state index in [4.69, 9.17) is 0 Å². The molecule has 6 nitrogen and oxygen atoms in total. The lowest BCUT2D eigenvalue weighted by atomic mass is 10.2. The fourth-order valence-electron chi connectivity index (χ4n) is 3.16. The Kier molecular flexibility index (Phi) is 1.62. The van der Waals surface area contributed by atoms with E-state index in [0.29, 0.717) is 0 Å². The van der Waals surface area contributed by atoms with E-state index >= 15 is 0 Å². The summed E-state index contributed by atoms with van der Waals surface area (Å²) >= 11 is 0. The Hall–Kier alpha value is -2.76. The van der Waals surface area contributed by atoms with E-state index in [1.54, 1.807) is 12.4 Å². The molecule has 0 atom stereocenters. The van der Waals surface area contributed by atoms with Gasteiger partial charge >= 0.3 is 0 Å². The van der Waals surface area contributed by atoms with E-state index in [9.17, 15) is 0 Å². The first-order valence-corrected chi connectivity index (χ1v) is 6.48. The molecule has 6 heteroatoms. The lowest BCUT2D eigenvalue weighted by Crippen LogP contribution is -2.32. The summed E-state index contributed by atoms with van der Waals surface area (Å²) in [5.74, 6) is 1.19. The van der Waals surface area contributed by atoms with E-state index in [1.807, 2.05) is 18.6 Å². The van der Waals surface area contributed by atoms with E-state index in [1.165, 1.54) is 17.0 Å². The van der Waals surface area contributed by atoms with Crippen LogP contribution in [0.3, 0.4) is 0 Å². The van der Waals surface area contributed by atoms with Gasteiger partial charge in [-0.1, -0.05) is 0 Å². The highest BCUT2D eigenvalue weighted by atomic mass is 15.3. The summed E-state index contributed by atoms with van der Waals surface area (Å²) in [7, 11) is 2.06. The summed E-state index contributed by atoms with van der Waals surface area (Å²) in [4.78, 5) is 13.0. The van der Waals surface area contributed by atoms with E-state index in [0.717, 1.165) is 23.5 Å². The van der Waals surface area contributed by atoms with Crippen molar-refractivity contribution in [3.05, 3.63) is 42.6 Å². The Morgan fingerprint density at radius 3 is 3.05 bits per heavy atom. The highest BCUT2D eigenvalue weighted by Gasteiger charge is 2.33. The number of rotatable bonds is 0. The van der Waals surface area contributed by atoms with Crippen molar-refractivity contribution < 1.29 is 4.57 Å². The number of nitrogens with zero attached hydrogens (tertiary/aromatic N) is 6. The van der Waals surface area contributed by atoms with Crippen molar-refractivity contribution in [1.29, 1.82) is 0 Å². The van der Waals surface area contributed by atoms with Gasteiger partial charge in [0.05, 0.1) is 37.7 Å². The lowest BCUT2D eigenvalue weighted by molar-refractivity contribution is -0.648. The third-order valence-corrected chi connectivity index (χ3v) is 4.01. The van der Waals surface area contributed by atoms with Gasteiger partial charge in [-0.2, -0.15) is 4.98 Å². The van der Waals surface area contributed by atoms with Crippen LogP contribution in [0.4, 0.5) is 0 Å². The molecule has 0 aromatic carbocycles. The smallest absolute Gasteiger partial charge is 0.264 e. The van der Waals surface area contributed by atoms with Crippen LogP contribution in [0.2, 0.25) is 0 Å². The van der Waals surface area contributed by atoms with Crippen LogP contribution in [-0.2, 0) is 13.6 Å². The number of pyridine rings is 1. The third kappa shape index (κ3) is 1.01. The summed E-state index contributed by atoms with van der Waals surface area (Å²) in [6.45, 7) is 0.839. The SMILES string of the molecule is Cn1c2[n+](c3c1nc1cnccn13)Cc1cnccc1-2. The number of imidazole rings is 2. The van der Waals surface area contributed by atoms with Gasteiger partial charge < -0.3 is 0 Å². The normalized spacial score (nSPS) is 13.1. The van der Waals surface area contributed by atoms with Crippen LogP contribution < -0.4 is 4.57 Å². The molecule has 0 radical (unpaired) electrons. The molecule has 0 aliphatic carbocycles. The second-order valence-corrected chi connectivity index (χ2v) is 5.07. The zero-order valence-corrected chi connectivity index (χ0v) is 10.9. The molecule has 0 spiro atoms. The second kappa shape index (κ2) is 3.22. The van der Waals surface area contributed by atoms with Crippen LogP contribution >= 0.6 is 0 Å². The first-order chi connectivity index (χ1) is 9.84. The molecule has 0 N–H and O–H groups in total. The molecule has 0 fully saturated rings. The largest absolute Gasteiger partial charge is 0.295 e. The van der Waals surface area contributed by atoms with Crippen LogP contribution in [-0.4, -0.2) is 23.9 Å². The number of hydrogen-bond acceptors (Lipinski definition) is 3. The highest BCUT2D eigenvalue weighted by Crippen LogP contribution is 2.29. The molecule has 1 aliphatic heterocycles. The lowest BCUT2D eigenvalue weighted by Gasteiger charge is -1.95. The maximum atomic E-state index is 4.68. The van der Waals surface area contributed by atoms with E-state index < -0.39 is 0 Å². The molecule has 1 aliphatic rings. The van der Waals surface area contributed by atoms with Crippen LogP contribution in [0.25, 0.3) is 28.3 Å². The van der Waals surface area contributed by atoms with Gasteiger partial charge in [0.15, 0.2) is 0 Å². The molecule has 0 saturated heterocycles. The standard InChI is InChI=1S/C14H11N6/c1-18-12-14(19-5-4-16-7-11(19)17-12)20-8-9-6-15-3-2-10(9)13(18)20/h2-7H,8H2,1H3/q+1. The quantitative estimate of drug-likeness (QED) is 0.391. The van der Waals surface area contributed by atoms with Crippen molar-refractivity contribution in [1.82, 2.24) is 23.9 Å². The molecule has 5 rings (SSSR count). The van der Waals surface area contributed by atoms with Crippen molar-refractivity contribution in [2.24, 2.45) is 7.05 Å². The minimum absolute atomic E-state index is 0.839. The molecule has 5 heterocycles. The van der Waals surface area contributed by atoms with Crippen molar-refractivity contribution in [3.8, 4) is 11.4 Å². The van der Waals surface area contributed by atoms with E-state index in [2.05, 4.69) is 41.6 Å². The molecule has 0 saturated carbocycles. The molecule has 4 aromatic rings. The number of fused-ring (bicyclic) bond motifs is 7. The maximum absolute atomic E-state index is 4.68. The van der Waals surface area contributed by atoms with Crippen LogP contribution in [0.5, 0.6) is 0 Å². The molecule has 0 amide bonds. The van der Waals surface area contributed by atoms with Gasteiger partial charge in [0.1, 0.15) is 0 Å². The predicted molar refractivity (Wildman–Crippen MR) is 72.0 cm³/mol. The van der Waals surface area contributed by atoms with Gasteiger partial charge in [-0.05, 0) is 6.07 Å². The molecule has 4 aromatic heterocycles. The Morgan fingerprint density at radius 2 is 2.10 bits per heavy atom. The van der Waals surface area contributed by atoms with Crippen molar-refractivity contribution in [3.63, 3.8) is 0 Å². The first kappa shape index (κ1) is 10.1. The summed E-state index contributed by atoms with van der Waals surface area (Å²) in [6, 6.07) is 2.07. The fourth-order valence-corrected chi connectivity index (χ4v) is 3.16. The Morgan fingerprint density at radius 1 is 1.20 bits per heavy atom. The number of hydrogen-bond donors (Lipinski definition) is 0. The van der Waals surface area contributed by atoms with Crippen molar-refractivity contribution >= 4 is 16.9 Å². The van der Waals surface area contributed by atoms with Crippen molar-refractivity contribution in [2.45, 2.75) is 6.54 Å². The van der Waals surface area contributed by atoms with Gasteiger partial charge in [-0.25, -0.2) is 13.5 Å². The van der Waals surface area contributed by atoms with Gasteiger partial charge in [0.2, 0.25) is 11.5 Å². The van der Waals surface area contributed by atoms with Gasteiger partial charge in [-0.15, -0.1) is 0 Å². The van der Waals surface area contributed by atoms with Crippen LogP contribution in [0, 0.1) is 0 Å². The highest BCUT2D eigenvalue weighted by molar-refractivity contribution is 5.76. The minimum Gasteiger partial charge on any atom is -0.264 e. The fraction of sp³-hybridized carbons (Fsp3) is 0.143. The Bertz CT molecular complexity index is 994. The molecule has 96 valence electrons. The molecule has 20 heavy (non-hydrogen) atoms. The summed E-state index contributed by atoms with van der Waals surface area (Å²) < 4.78 is 6.53. The van der Waals surface area contributed by atoms with Gasteiger partial charge in [0.25, 0.3) is 11.3 Å². The van der Waals surface area contributed by atoms with E-state index in [-0.39, 0.29) is 0 Å². The number of aryl methyl sites for hydroxylation is 1. The second-order valence-electron chi connectivity index (χ2n) is 5.07. The predicted octanol–water partition coefficient (Wildman–Crippen LogP) is 0.932. The first-order valence-electron chi connectivity index (χ1n) is 6.48. The zero-order valence-electron chi connectivity index (χ0n) is 10.9. The summed E-state index contributed by atoms with van der Waals surface area (Å²) in [5.41, 5.74) is 5.45. The molecular weight excluding hydrogens is 252 g/mol. The molecule has 0 bridgehead atoms. The Balaban J connectivity index is 1.99. The maximum Gasteiger partial charge on any atom is 0.295 e. The molecular formula is C14H11N6+. The third-order valence-electron chi connectivity index (χ3n) is 4.01. The summed E-state index contributed by atoms with van der Waals surface area (Å²) in [6.07, 6.45) is 9.32. The average Bonchev–Trinajstić information content (AvgIpc) is 3.10. The zero-order chi connectivity index (χ0) is 13.3. The topological polar surface area (TPSA) is 51.9 Å². The van der Waals surface area contributed by atoms with Crippen molar-refractivity contribution in [2.75, 3.05) is 0 Å². The van der Waals surface area contributed by atoms with Gasteiger partial charge in [-0.3, -0.25) is 9.97 Å².